The van der Waals surface area contributed by atoms with E-state index in [9.17, 15) is 14.4 Å². The van der Waals surface area contributed by atoms with Gasteiger partial charge in [0.05, 0.1) is 27.9 Å². The molecule has 4 fully saturated rings. The lowest BCUT2D eigenvalue weighted by Gasteiger charge is -2.41. The van der Waals surface area contributed by atoms with Gasteiger partial charge in [0.2, 0.25) is 11.8 Å². The third-order valence-corrected chi connectivity index (χ3v) is 14.7. The highest BCUT2D eigenvalue weighted by Crippen LogP contribution is 2.53. The van der Waals surface area contributed by atoms with Crippen LogP contribution in [-0.2, 0) is 21.4 Å². The third-order valence-electron chi connectivity index (χ3n) is 14.0. The minimum Gasteiger partial charge on any atom is -0.486 e. The van der Waals surface area contributed by atoms with E-state index in [2.05, 4.69) is 55.0 Å². The van der Waals surface area contributed by atoms with Crippen LogP contribution in [0.1, 0.15) is 137 Å². The van der Waals surface area contributed by atoms with E-state index in [1.807, 2.05) is 32.0 Å². The molecule has 56 heavy (non-hydrogen) atoms. The molecule has 1 N–H and O–H groups in total. The van der Waals surface area contributed by atoms with E-state index in [1.165, 1.54) is 55.0 Å². The van der Waals surface area contributed by atoms with Crippen molar-refractivity contribution < 1.29 is 18.7 Å². The quantitative estimate of drug-likeness (QED) is 0.207. The number of nitrogens with one attached hydrogen (secondary N) is 1. The number of nitrogens with zero attached hydrogens (tertiary/aromatic N) is 3. The van der Waals surface area contributed by atoms with Gasteiger partial charge >= 0.3 is 0 Å². The summed E-state index contributed by atoms with van der Waals surface area (Å²) in [5.41, 5.74) is 5.61. The van der Waals surface area contributed by atoms with Crippen molar-refractivity contribution in [3.63, 3.8) is 0 Å². The molecule has 2 saturated heterocycles. The van der Waals surface area contributed by atoms with Crippen LogP contribution in [0.3, 0.4) is 0 Å². The molecule has 2 aliphatic carbocycles. The van der Waals surface area contributed by atoms with Crippen molar-refractivity contribution in [3.05, 3.63) is 97.3 Å². The Morgan fingerprint density at radius 3 is 2.45 bits per heavy atom. The summed E-state index contributed by atoms with van der Waals surface area (Å²) in [5, 5.41) is 3.02. The van der Waals surface area contributed by atoms with E-state index in [-0.39, 0.29) is 28.9 Å². The predicted octanol–water partition coefficient (Wildman–Crippen LogP) is 9.14. The molecule has 0 bridgehead atoms. The van der Waals surface area contributed by atoms with Gasteiger partial charge < -0.3 is 9.64 Å². The zero-order valence-electron chi connectivity index (χ0n) is 32.6. The number of ether oxygens (including phenoxy) is 1. The van der Waals surface area contributed by atoms with Crippen LogP contribution in [0, 0.1) is 11.7 Å². The van der Waals surface area contributed by atoms with Crippen molar-refractivity contribution in [3.8, 4) is 11.4 Å². The number of carbonyl (C=O) groups is 2. The lowest BCUT2D eigenvalue weighted by molar-refractivity contribution is -0.134. The van der Waals surface area contributed by atoms with E-state index in [1.54, 1.807) is 0 Å². The second-order valence-electron chi connectivity index (χ2n) is 17.1. The van der Waals surface area contributed by atoms with Crippen LogP contribution >= 0.6 is 15.9 Å². The van der Waals surface area contributed by atoms with Crippen LogP contribution < -0.4 is 15.6 Å². The summed E-state index contributed by atoms with van der Waals surface area (Å²) in [6.45, 7) is 7.02. The second-order valence-corrected chi connectivity index (χ2v) is 17.9. The molecule has 0 radical (unpaired) electrons. The molecule has 10 rings (SSSR count). The van der Waals surface area contributed by atoms with E-state index < -0.39 is 17.6 Å². The maximum atomic E-state index is 15.2. The first-order chi connectivity index (χ1) is 27.2. The lowest BCUT2D eigenvalue weighted by atomic mass is 9.69. The zero-order valence-corrected chi connectivity index (χ0v) is 34.2. The standard InChI is InChI=1S/C44H46BrFN4O4.C2H6/c45-33-5-4-6-35-39(33)41(53)48-42-44(15-2-1-3-16-44)32-13-11-28(22-36(32)50(35)42)27-9-7-26(8-10-27)25-49-19-17-43(18-20-49)24-29-21-31(34(46)23-37(29)54-43)30-12-14-38(51)47-40(30)52;1-2/h4-6,11,13,21-23,26-27,30H,1-3,7-10,12,14-20,24-25H2,(H,47,51,52);1-2H3. The molecule has 3 aromatic carbocycles. The molecular weight excluding hydrogens is 771 g/mol. The maximum absolute atomic E-state index is 15.2. The smallest absolute Gasteiger partial charge is 0.281 e. The second kappa shape index (κ2) is 14.8. The highest BCUT2D eigenvalue weighted by Gasteiger charge is 2.47. The molecular formula is C46H52BrFN4O4. The van der Waals surface area contributed by atoms with Gasteiger partial charge in [-0.2, -0.15) is 4.98 Å². The number of carbonyl (C=O) groups excluding carboxylic acids is 2. The normalized spacial score (nSPS) is 24.9. The van der Waals surface area contributed by atoms with Gasteiger partial charge in [-0.15, -0.1) is 0 Å². The average molecular weight is 824 g/mol. The summed E-state index contributed by atoms with van der Waals surface area (Å²) in [7, 11) is 0. The van der Waals surface area contributed by atoms with Gasteiger partial charge in [0.15, 0.2) is 0 Å². The Balaban J connectivity index is 0.00000202. The van der Waals surface area contributed by atoms with Crippen LogP contribution in [-0.4, -0.2) is 51.5 Å². The van der Waals surface area contributed by atoms with Gasteiger partial charge in [-0.3, -0.25) is 24.3 Å². The molecule has 1 unspecified atom stereocenters. The Bertz CT molecular complexity index is 2270. The van der Waals surface area contributed by atoms with Crippen molar-refractivity contribution in [1.82, 2.24) is 19.8 Å². The monoisotopic (exact) mass is 822 g/mol. The van der Waals surface area contributed by atoms with Crippen molar-refractivity contribution >= 4 is 38.6 Å². The maximum Gasteiger partial charge on any atom is 0.281 e. The number of fused-ring (bicyclic) bond motifs is 8. The van der Waals surface area contributed by atoms with Crippen LogP contribution in [0.5, 0.6) is 5.75 Å². The lowest BCUT2D eigenvalue weighted by Crippen LogP contribution is -2.48. The van der Waals surface area contributed by atoms with Gasteiger partial charge in [0.1, 0.15) is 23.0 Å². The number of aromatic nitrogens is 2. The molecule has 4 aliphatic heterocycles. The Kier molecular flexibility index (Phi) is 9.96. The Morgan fingerprint density at radius 1 is 0.929 bits per heavy atom. The number of imide groups is 1. The summed E-state index contributed by atoms with van der Waals surface area (Å²) in [6.07, 6.45) is 13.5. The van der Waals surface area contributed by atoms with Crippen LogP contribution in [0.2, 0.25) is 0 Å². The van der Waals surface area contributed by atoms with Gasteiger partial charge in [-0.25, -0.2) is 4.39 Å². The predicted molar refractivity (Wildman–Crippen MR) is 219 cm³/mol. The SMILES string of the molecule is CC.O=C1CCC(c2cc3c(cc2F)OC2(CCN(CC4CCC(c5ccc6c(c5)-n5c(nc(=O)c7c(Br)cccc75)C65CCCCC5)CC4)CC2)C3)C(=O)N1. The highest BCUT2D eigenvalue weighted by atomic mass is 79.9. The summed E-state index contributed by atoms with van der Waals surface area (Å²) in [5.74, 6) is 0.952. The number of benzene rings is 3. The Hall–Kier alpha value is -3.89. The van der Waals surface area contributed by atoms with Crippen molar-refractivity contribution in [1.29, 1.82) is 0 Å². The third kappa shape index (κ3) is 6.34. The van der Waals surface area contributed by atoms with E-state index >= 15 is 4.39 Å². The molecule has 2 saturated carbocycles. The molecule has 2 amide bonds. The molecule has 1 atom stereocenters. The largest absolute Gasteiger partial charge is 0.486 e. The van der Waals surface area contributed by atoms with Gasteiger partial charge in [-0.1, -0.05) is 51.3 Å². The molecule has 2 spiro atoms. The molecule has 5 heterocycles. The number of likely N-dealkylation sites (tertiary alicyclic amines) is 1. The summed E-state index contributed by atoms with van der Waals surface area (Å²) < 4.78 is 24.8. The Morgan fingerprint density at radius 2 is 1.70 bits per heavy atom. The molecule has 10 heteroatoms. The number of halogens is 2. The molecule has 4 aromatic rings. The molecule has 1 aromatic heterocycles. The number of hydrogen-bond donors (Lipinski definition) is 1. The van der Waals surface area contributed by atoms with Crippen LogP contribution in [0.25, 0.3) is 16.6 Å². The minimum absolute atomic E-state index is 0.138. The number of rotatable bonds is 4. The van der Waals surface area contributed by atoms with Crippen molar-refractivity contribution in [2.45, 2.75) is 127 Å². The topological polar surface area (TPSA) is 93.5 Å². The zero-order chi connectivity index (χ0) is 38.8. The molecule has 294 valence electrons. The number of piperidine rings is 2. The molecule has 6 aliphatic rings. The fourth-order valence-electron chi connectivity index (χ4n) is 11.1. The first kappa shape index (κ1) is 37.7. The molecule has 8 nitrogen and oxygen atoms in total. The fraction of sp³-hybridized carbons (Fsp3) is 0.522. The van der Waals surface area contributed by atoms with Crippen LogP contribution in [0.4, 0.5) is 4.39 Å². The van der Waals surface area contributed by atoms with Crippen molar-refractivity contribution in [2.75, 3.05) is 19.6 Å². The number of amides is 2. The van der Waals surface area contributed by atoms with E-state index in [0.29, 0.717) is 35.0 Å². The first-order valence-electron chi connectivity index (χ1n) is 21.1. The van der Waals surface area contributed by atoms with Gasteiger partial charge in [0, 0.05) is 61.4 Å². The summed E-state index contributed by atoms with van der Waals surface area (Å²) in [6, 6.07) is 16.5. The summed E-state index contributed by atoms with van der Waals surface area (Å²) in [4.78, 5) is 45.0. The first-order valence-corrected chi connectivity index (χ1v) is 21.9. The van der Waals surface area contributed by atoms with Crippen LogP contribution in [0.15, 0.2) is 57.8 Å². The van der Waals surface area contributed by atoms with Gasteiger partial charge in [0.25, 0.3) is 5.56 Å². The van der Waals surface area contributed by atoms with E-state index in [0.717, 1.165) is 86.0 Å². The van der Waals surface area contributed by atoms with E-state index in [4.69, 9.17) is 9.72 Å². The number of hydrogen-bond acceptors (Lipinski definition) is 6. The van der Waals surface area contributed by atoms with Gasteiger partial charge in [-0.05, 0) is 114 Å². The minimum atomic E-state index is -0.637. The average Bonchev–Trinajstić information content (AvgIpc) is 3.68. The van der Waals surface area contributed by atoms with Crippen molar-refractivity contribution in [2.24, 2.45) is 5.92 Å². The Labute approximate surface area is 336 Å². The summed E-state index contributed by atoms with van der Waals surface area (Å²) >= 11 is 3.65. The highest BCUT2D eigenvalue weighted by molar-refractivity contribution is 9.10. The fourth-order valence-corrected chi connectivity index (χ4v) is 11.7.